The van der Waals surface area contributed by atoms with E-state index in [4.69, 9.17) is 10.2 Å². The van der Waals surface area contributed by atoms with Gasteiger partial charge >= 0.3 is 11.9 Å². The standard InChI is InChI=1S/C16H19N3O2.C4H4O4/c1-11(2)18-7-5-12(6-8-18)15-10-17-16-9-13(19(20)21)3-4-14(15)16;5-3(6)1-2-4(7)8/h3-5,9-11,17H,6-8H2,1-2H3;1-2H,(H,5,6)(H,7,8)/b;2-1-. The van der Waals surface area contributed by atoms with E-state index in [1.807, 2.05) is 12.3 Å². The number of benzene rings is 1. The molecule has 0 spiro atoms. The highest BCUT2D eigenvalue weighted by Crippen LogP contribution is 2.31. The quantitative estimate of drug-likeness (QED) is 0.397. The number of rotatable bonds is 5. The largest absolute Gasteiger partial charge is 0.478 e. The molecule has 1 aromatic carbocycles. The Balaban J connectivity index is 0.000000321. The molecule has 9 heteroatoms. The van der Waals surface area contributed by atoms with Crippen LogP contribution in [-0.2, 0) is 9.59 Å². The number of aromatic amines is 1. The van der Waals surface area contributed by atoms with Gasteiger partial charge in [0.1, 0.15) is 0 Å². The smallest absolute Gasteiger partial charge is 0.328 e. The van der Waals surface area contributed by atoms with Crippen LogP contribution in [0.4, 0.5) is 5.69 Å². The number of hydrogen-bond acceptors (Lipinski definition) is 5. The molecule has 0 atom stereocenters. The highest BCUT2D eigenvalue weighted by molar-refractivity contribution is 5.94. The fourth-order valence-corrected chi connectivity index (χ4v) is 3.03. The first-order valence-electron chi connectivity index (χ1n) is 9.02. The Morgan fingerprint density at radius 2 is 1.90 bits per heavy atom. The van der Waals surface area contributed by atoms with Gasteiger partial charge in [0.15, 0.2) is 0 Å². The molecule has 0 saturated heterocycles. The molecule has 1 aliphatic rings. The van der Waals surface area contributed by atoms with Gasteiger partial charge in [-0.25, -0.2) is 9.59 Å². The van der Waals surface area contributed by atoms with Crippen LogP contribution in [0.3, 0.4) is 0 Å². The molecule has 9 nitrogen and oxygen atoms in total. The van der Waals surface area contributed by atoms with Crippen LogP contribution in [0.2, 0.25) is 0 Å². The van der Waals surface area contributed by atoms with Crippen LogP contribution in [-0.4, -0.2) is 56.1 Å². The van der Waals surface area contributed by atoms with Crippen molar-refractivity contribution in [1.29, 1.82) is 0 Å². The van der Waals surface area contributed by atoms with Crippen molar-refractivity contribution in [2.45, 2.75) is 26.3 Å². The third-order valence-electron chi connectivity index (χ3n) is 4.56. The lowest BCUT2D eigenvalue weighted by molar-refractivity contribution is -0.384. The number of carbonyl (C=O) groups is 2. The Morgan fingerprint density at radius 1 is 1.24 bits per heavy atom. The van der Waals surface area contributed by atoms with E-state index in [-0.39, 0.29) is 10.6 Å². The summed E-state index contributed by atoms with van der Waals surface area (Å²) in [4.78, 5) is 35.2. The SMILES string of the molecule is CC(C)N1CC=C(c2c[nH]c3cc([N+](=O)[O-])ccc23)CC1.O=C(O)/C=C\C(=O)O. The van der Waals surface area contributed by atoms with Crippen LogP contribution in [0.25, 0.3) is 16.5 Å². The first-order valence-corrected chi connectivity index (χ1v) is 9.02. The third kappa shape index (κ3) is 6.01. The van der Waals surface area contributed by atoms with Gasteiger partial charge in [0, 0.05) is 60.6 Å². The molecular weight excluding hydrogens is 378 g/mol. The zero-order chi connectivity index (χ0) is 21.6. The van der Waals surface area contributed by atoms with E-state index in [1.54, 1.807) is 12.1 Å². The molecule has 0 saturated carbocycles. The van der Waals surface area contributed by atoms with Gasteiger partial charge in [-0.3, -0.25) is 15.0 Å². The number of non-ortho nitro benzene ring substituents is 1. The third-order valence-corrected chi connectivity index (χ3v) is 4.56. The number of aliphatic carboxylic acids is 2. The van der Waals surface area contributed by atoms with Gasteiger partial charge < -0.3 is 15.2 Å². The Morgan fingerprint density at radius 3 is 2.38 bits per heavy atom. The van der Waals surface area contributed by atoms with E-state index < -0.39 is 11.9 Å². The number of carboxylic acid groups (broad SMARTS) is 2. The fourth-order valence-electron chi connectivity index (χ4n) is 3.03. The maximum absolute atomic E-state index is 10.8. The molecule has 154 valence electrons. The number of nitrogens with zero attached hydrogens (tertiary/aromatic N) is 2. The van der Waals surface area contributed by atoms with Gasteiger partial charge in [-0.2, -0.15) is 0 Å². The van der Waals surface area contributed by atoms with Gasteiger partial charge in [-0.15, -0.1) is 0 Å². The highest BCUT2D eigenvalue weighted by Gasteiger charge is 2.18. The summed E-state index contributed by atoms with van der Waals surface area (Å²) in [5, 5.41) is 27.5. The Labute approximate surface area is 167 Å². The normalized spacial score (nSPS) is 14.5. The van der Waals surface area contributed by atoms with Crippen LogP contribution in [0.1, 0.15) is 25.8 Å². The van der Waals surface area contributed by atoms with Crippen molar-refractivity contribution in [2.24, 2.45) is 0 Å². The molecular formula is C20H23N3O6. The van der Waals surface area contributed by atoms with Gasteiger partial charge in [0.2, 0.25) is 0 Å². The number of H-pyrrole nitrogens is 1. The second-order valence-electron chi connectivity index (χ2n) is 6.77. The van der Waals surface area contributed by atoms with Crippen molar-refractivity contribution >= 4 is 34.1 Å². The van der Waals surface area contributed by atoms with Crippen molar-refractivity contribution in [3.8, 4) is 0 Å². The van der Waals surface area contributed by atoms with Crippen LogP contribution >= 0.6 is 0 Å². The minimum Gasteiger partial charge on any atom is -0.478 e. The van der Waals surface area contributed by atoms with Crippen molar-refractivity contribution in [2.75, 3.05) is 13.1 Å². The molecule has 0 radical (unpaired) electrons. The zero-order valence-corrected chi connectivity index (χ0v) is 16.2. The minimum absolute atomic E-state index is 0.125. The molecule has 2 aromatic rings. The van der Waals surface area contributed by atoms with Crippen molar-refractivity contribution in [3.05, 3.63) is 58.3 Å². The molecule has 1 aliphatic heterocycles. The van der Waals surface area contributed by atoms with Crippen molar-refractivity contribution in [3.63, 3.8) is 0 Å². The van der Waals surface area contributed by atoms with Crippen molar-refractivity contribution < 1.29 is 24.7 Å². The minimum atomic E-state index is -1.26. The summed E-state index contributed by atoms with van der Waals surface area (Å²) in [6, 6.07) is 5.58. The summed E-state index contributed by atoms with van der Waals surface area (Å²) in [6.07, 6.45) is 6.37. The average molecular weight is 401 g/mol. The lowest BCUT2D eigenvalue weighted by Gasteiger charge is -2.29. The van der Waals surface area contributed by atoms with E-state index in [0.717, 1.165) is 30.4 Å². The molecule has 3 N–H and O–H groups in total. The average Bonchev–Trinajstić information content (AvgIpc) is 3.10. The predicted octanol–water partition coefficient (Wildman–Crippen LogP) is 3.29. The first-order chi connectivity index (χ1) is 13.7. The molecule has 0 bridgehead atoms. The van der Waals surface area contributed by atoms with E-state index in [9.17, 15) is 19.7 Å². The van der Waals surface area contributed by atoms with Gasteiger partial charge in [0.25, 0.3) is 5.69 Å². The van der Waals surface area contributed by atoms with E-state index in [2.05, 4.69) is 29.8 Å². The van der Waals surface area contributed by atoms with Gasteiger partial charge in [0.05, 0.1) is 10.4 Å². The molecule has 29 heavy (non-hydrogen) atoms. The summed E-state index contributed by atoms with van der Waals surface area (Å²) >= 11 is 0. The summed E-state index contributed by atoms with van der Waals surface area (Å²) in [5.41, 5.74) is 3.45. The lowest BCUT2D eigenvalue weighted by Crippen LogP contribution is -2.34. The maximum atomic E-state index is 10.8. The molecule has 0 unspecified atom stereocenters. The number of aromatic nitrogens is 1. The topological polar surface area (TPSA) is 137 Å². The number of carboxylic acids is 2. The Kier molecular flexibility index (Phi) is 7.27. The van der Waals surface area contributed by atoms with Crippen LogP contribution < -0.4 is 0 Å². The summed E-state index contributed by atoms with van der Waals surface area (Å²) < 4.78 is 0. The van der Waals surface area contributed by atoms with Gasteiger partial charge in [-0.1, -0.05) is 6.08 Å². The molecule has 0 fully saturated rings. The molecule has 3 rings (SSSR count). The predicted molar refractivity (Wildman–Crippen MR) is 109 cm³/mol. The first kappa shape index (κ1) is 21.8. The van der Waals surface area contributed by atoms with E-state index in [1.165, 1.54) is 11.1 Å². The van der Waals surface area contributed by atoms with Crippen LogP contribution in [0, 0.1) is 10.1 Å². The number of nitro groups is 1. The van der Waals surface area contributed by atoms with Crippen LogP contribution in [0.15, 0.2) is 42.6 Å². The number of hydrogen-bond donors (Lipinski definition) is 3. The fraction of sp³-hybridized carbons (Fsp3) is 0.300. The highest BCUT2D eigenvalue weighted by atomic mass is 16.6. The summed E-state index contributed by atoms with van der Waals surface area (Å²) in [5.74, 6) is -2.51. The monoisotopic (exact) mass is 401 g/mol. The molecule has 0 aliphatic carbocycles. The summed E-state index contributed by atoms with van der Waals surface area (Å²) in [7, 11) is 0. The Bertz CT molecular complexity index is 958. The molecule has 2 heterocycles. The van der Waals surface area contributed by atoms with Crippen molar-refractivity contribution in [1.82, 2.24) is 9.88 Å². The number of fused-ring (bicyclic) bond motifs is 1. The zero-order valence-electron chi connectivity index (χ0n) is 16.2. The van der Waals surface area contributed by atoms with Gasteiger partial charge in [-0.05, 0) is 31.9 Å². The molecule has 1 aromatic heterocycles. The van der Waals surface area contributed by atoms with E-state index >= 15 is 0 Å². The second-order valence-corrected chi connectivity index (χ2v) is 6.77. The maximum Gasteiger partial charge on any atom is 0.328 e. The second kappa shape index (κ2) is 9.65. The number of nitro benzene ring substituents is 1. The number of nitrogens with one attached hydrogen (secondary N) is 1. The molecule has 0 amide bonds. The lowest BCUT2D eigenvalue weighted by atomic mass is 9.98. The summed E-state index contributed by atoms with van der Waals surface area (Å²) in [6.45, 7) is 6.45. The van der Waals surface area contributed by atoms with Crippen LogP contribution in [0.5, 0.6) is 0 Å². The Hall–Kier alpha value is -3.46. The van der Waals surface area contributed by atoms with E-state index in [0.29, 0.717) is 18.2 Å².